The lowest BCUT2D eigenvalue weighted by molar-refractivity contribution is -0.134. The number of fused-ring (bicyclic) bond motifs is 1. The van der Waals surface area contributed by atoms with Crippen molar-refractivity contribution in [2.24, 2.45) is 0 Å². The number of carboxylic acids is 1. The number of aliphatic hydroxyl groups excluding tert-OH is 1. The number of hydrogen-bond acceptors (Lipinski definition) is 3. The molecule has 1 aliphatic rings. The summed E-state index contributed by atoms with van der Waals surface area (Å²) in [5.74, 6) is -2.16. The predicted molar refractivity (Wildman–Crippen MR) is 54.7 cm³/mol. The SMILES string of the molecule is CC(=O)O.OC1CCOc2cc(F)cc(F)c21. The van der Waals surface area contributed by atoms with E-state index in [1.807, 2.05) is 0 Å². The summed E-state index contributed by atoms with van der Waals surface area (Å²) in [6.07, 6.45) is -0.542. The van der Waals surface area contributed by atoms with Crippen LogP contribution in [0.3, 0.4) is 0 Å². The van der Waals surface area contributed by atoms with Crippen LogP contribution >= 0.6 is 0 Å². The zero-order valence-corrected chi connectivity index (χ0v) is 9.11. The number of aliphatic hydroxyl groups is 1. The molecule has 0 radical (unpaired) electrons. The zero-order valence-electron chi connectivity index (χ0n) is 9.11. The van der Waals surface area contributed by atoms with E-state index >= 15 is 0 Å². The minimum Gasteiger partial charge on any atom is -0.493 e. The fourth-order valence-electron chi connectivity index (χ4n) is 1.43. The Bertz CT molecular complexity index is 416. The van der Waals surface area contributed by atoms with Gasteiger partial charge in [0.1, 0.15) is 17.4 Å². The molecule has 0 saturated carbocycles. The van der Waals surface area contributed by atoms with Crippen LogP contribution in [-0.2, 0) is 4.79 Å². The third kappa shape index (κ3) is 3.67. The predicted octanol–water partition coefficient (Wildman–Crippen LogP) is 1.87. The number of halogens is 2. The van der Waals surface area contributed by atoms with Gasteiger partial charge in [-0.05, 0) is 0 Å². The van der Waals surface area contributed by atoms with Crippen molar-refractivity contribution in [2.75, 3.05) is 6.61 Å². The molecule has 1 aliphatic heterocycles. The first-order chi connectivity index (χ1) is 7.91. The van der Waals surface area contributed by atoms with E-state index in [0.29, 0.717) is 6.42 Å². The summed E-state index contributed by atoms with van der Waals surface area (Å²) in [5, 5.41) is 16.8. The molecule has 1 unspecified atom stereocenters. The third-order valence-corrected chi connectivity index (χ3v) is 2.04. The van der Waals surface area contributed by atoms with Gasteiger partial charge in [0.25, 0.3) is 5.97 Å². The average molecular weight is 246 g/mol. The summed E-state index contributed by atoms with van der Waals surface area (Å²) < 4.78 is 30.8. The van der Waals surface area contributed by atoms with E-state index in [9.17, 15) is 13.9 Å². The van der Waals surface area contributed by atoms with Gasteiger partial charge in [0.05, 0.1) is 18.3 Å². The highest BCUT2D eigenvalue weighted by molar-refractivity contribution is 5.62. The van der Waals surface area contributed by atoms with Crippen LogP contribution in [0.25, 0.3) is 0 Å². The van der Waals surface area contributed by atoms with Crippen molar-refractivity contribution in [3.8, 4) is 5.75 Å². The first kappa shape index (κ1) is 13.4. The molecule has 17 heavy (non-hydrogen) atoms. The van der Waals surface area contributed by atoms with Crippen molar-refractivity contribution in [1.82, 2.24) is 0 Å². The Morgan fingerprint density at radius 1 is 1.47 bits per heavy atom. The van der Waals surface area contributed by atoms with Gasteiger partial charge in [0, 0.05) is 25.5 Å². The highest BCUT2D eigenvalue weighted by Gasteiger charge is 2.23. The lowest BCUT2D eigenvalue weighted by atomic mass is 10.0. The summed E-state index contributed by atoms with van der Waals surface area (Å²) in [4.78, 5) is 9.00. The Kier molecular flexibility index (Phi) is 4.39. The average Bonchev–Trinajstić information content (AvgIpc) is 2.15. The topological polar surface area (TPSA) is 66.8 Å². The Labute approximate surface area is 96.5 Å². The Morgan fingerprint density at radius 3 is 2.65 bits per heavy atom. The number of carbonyl (C=O) groups is 1. The highest BCUT2D eigenvalue weighted by atomic mass is 19.1. The number of benzene rings is 1. The second-order valence-electron chi connectivity index (χ2n) is 3.47. The molecule has 0 aliphatic carbocycles. The van der Waals surface area contributed by atoms with Crippen LogP contribution in [0.4, 0.5) is 8.78 Å². The lowest BCUT2D eigenvalue weighted by Crippen LogP contribution is -2.15. The fourth-order valence-corrected chi connectivity index (χ4v) is 1.43. The molecule has 0 saturated heterocycles. The number of rotatable bonds is 0. The minimum absolute atomic E-state index is 0.0626. The number of hydrogen-bond donors (Lipinski definition) is 2. The van der Waals surface area contributed by atoms with Gasteiger partial charge in [-0.1, -0.05) is 0 Å². The molecular formula is C11H12F2O4. The lowest BCUT2D eigenvalue weighted by Gasteiger charge is -2.22. The second kappa shape index (κ2) is 5.58. The third-order valence-electron chi connectivity index (χ3n) is 2.04. The standard InChI is InChI=1S/C9H8F2O2.C2H4O2/c10-5-3-6(11)9-7(12)1-2-13-8(9)4-5;1-2(3)4/h3-4,7,12H,1-2H2;1H3,(H,3,4). The molecule has 4 nitrogen and oxygen atoms in total. The van der Waals surface area contributed by atoms with E-state index in [0.717, 1.165) is 19.1 Å². The second-order valence-corrected chi connectivity index (χ2v) is 3.47. The molecule has 0 spiro atoms. The summed E-state index contributed by atoms with van der Waals surface area (Å²) in [5.41, 5.74) is 0.0626. The van der Waals surface area contributed by atoms with Crippen LogP contribution in [0, 0.1) is 11.6 Å². The van der Waals surface area contributed by atoms with E-state index in [1.54, 1.807) is 0 Å². The first-order valence-corrected chi connectivity index (χ1v) is 4.91. The van der Waals surface area contributed by atoms with Crippen LogP contribution in [0.5, 0.6) is 5.75 Å². The number of ether oxygens (including phenoxy) is 1. The van der Waals surface area contributed by atoms with E-state index in [2.05, 4.69) is 0 Å². The molecule has 2 N–H and O–H groups in total. The maximum Gasteiger partial charge on any atom is 0.300 e. The summed E-state index contributed by atoms with van der Waals surface area (Å²) in [6, 6.07) is 1.83. The monoisotopic (exact) mass is 246 g/mol. The molecule has 94 valence electrons. The summed E-state index contributed by atoms with van der Waals surface area (Å²) in [7, 11) is 0. The molecule has 1 aromatic rings. The largest absolute Gasteiger partial charge is 0.493 e. The quantitative estimate of drug-likeness (QED) is 0.733. The molecule has 0 amide bonds. The first-order valence-electron chi connectivity index (χ1n) is 4.91. The molecule has 1 aromatic carbocycles. The van der Waals surface area contributed by atoms with Crippen LogP contribution in [0.2, 0.25) is 0 Å². The van der Waals surface area contributed by atoms with Gasteiger partial charge >= 0.3 is 0 Å². The van der Waals surface area contributed by atoms with Crippen molar-refractivity contribution in [1.29, 1.82) is 0 Å². The van der Waals surface area contributed by atoms with E-state index in [4.69, 9.17) is 14.6 Å². The van der Waals surface area contributed by atoms with Gasteiger partial charge in [-0.3, -0.25) is 4.79 Å². The van der Waals surface area contributed by atoms with Crippen LogP contribution in [-0.4, -0.2) is 22.8 Å². The van der Waals surface area contributed by atoms with Crippen LogP contribution < -0.4 is 4.74 Å². The van der Waals surface area contributed by atoms with Crippen molar-refractivity contribution in [3.63, 3.8) is 0 Å². The molecule has 2 rings (SSSR count). The summed E-state index contributed by atoms with van der Waals surface area (Å²) in [6.45, 7) is 1.37. The van der Waals surface area contributed by atoms with Gasteiger partial charge in [-0.2, -0.15) is 0 Å². The number of aliphatic carboxylic acids is 1. The Morgan fingerprint density at radius 2 is 2.06 bits per heavy atom. The normalized spacial score (nSPS) is 17.3. The van der Waals surface area contributed by atoms with Gasteiger partial charge in [-0.15, -0.1) is 0 Å². The Balaban J connectivity index is 0.000000317. The van der Waals surface area contributed by atoms with Crippen LogP contribution in [0.1, 0.15) is 25.0 Å². The van der Waals surface area contributed by atoms with Crippen molar-refractivity contribution in [3.05, 3.63) is 29.3 Å². The molecule has 6 heteroatoms. The molecular weight excluding hydrogens is 234 g/mol. The molecule has 1 heterocycles. The van der Waals surface area contributed by atoms with Crippen molar-refractivity contribution < 1.29 is 28.5 Å². The Hall–Kier alpha value is -1.69. The van der Waals surface area contributed by atoms with E-state index < -0.39 is 23.7 Å². The highest BCUT2D eigenvalue weighted by Crippen LogP contribution is 2.34. The van der Waals surface area contributed by atoms with Gasteiger partial charge in [0.15, 0.2) is 0 Å². The van der Waals surface area contributed by atoms with E-state index in [1.165, 1.54) is 0 Å². The van der Waals surface area contributed by atoms with Gasteiger partial charge in [-0.25, -0.2) is 8.78 Å². The maximum atomic E-state index is 13.1. The molecule has 0 aromatic heterocycles. The molecule has 0 fully saturated rings. The summed E-state index contributed by atoms with van der Waals surface area (Å²) >= 11 is 0. The zero-order chi connectivity index (χ0) is 13.0. The molecule has 0 bridgehead atoms. The smallest absolute Gasteiger partial charge is 0.300 e. The van der Waals surface area contributed by atoms with Crippen molar-refractivity contribution >= 4 is 5.97 Å². The van der Waals surface area contributed by atoms with Gasteiger partial charge in [0.2, 0.25) is 0 Å². The van der Waals surface area contributed by atoms with Crippen molar-refractivity contribution in [2.45, 2.75) is 19.4 Å². The molecule has 1 atom stereocenters. The number of carboxylic acid groups (broad SMARTS) is 1. The van der Waals surface area contributed by atoms with E-state index in [-0.39, 0.29) is 17.9 Å². The van der Waals surface area contributed by atoms with Gasteiger partial charge < -0.3 is 14.9 Å². The van der Waals surface area contributed by atoms with Crippen LogP contribution in [0.15, 0.2) is 12.1 Å². The minimum atomic E-state index is -0.885. The fraction of sp³-hybridized carbons (Fsp3) is 0.364. The maximum absolute atomic E-state index is 13.1.